The van der Waals surface area contributed by atoms with Crippen LogP contribution in [0.4, 0.5) is 5.69 Å². The van der Waals surface area contributed by atoms with Gasteiger partial charge in [0.2, 0.25) is 0 Å². The van der Waals surface area contributed by atoms with E-state index < -0.39 is 4.92 Å². The van der Waals surface area contributed by atoms with E-state index >= 15 is 0 Å². The van der Waals surface area contributed by atoms with Crippen LogP contribution in [0.5, 0.6) is 0 Å². The average molecular weight is 278 g/mol. The summed E-state index contributed by atoms with van der Waals surface area (Å²) < 4.78 is 1.79. The van der Waals surface area contributed by atoms with E-state index in [-0.39, 0.29) is 5.69 Å². The quantitative estimate of drug-likeness (QED) is 0.389. The van der Waals surface area contributed by atoms with Crippen LogP contribution in [-0.2, 0) is 7.05 Å². The van der Waals surface area contributed by atoms with E-state index in [0.29, 0.717) is 22.3 Å². The zero-order chi connectivity index (χ0) is 14.8. The molecule has 0 aliphatic rings. The lowest BCUT2D eigenvalue weighted by Crippen LogP contribution is -1.91. The van der Waals surface area contributed by atoms with E-state index in [1.807, 2.05) is 19.2 Å². The molecule has 6 nitrogen and oxygen atoms in total. The molecule has 0 aliphatic heterocycles. The molecule has 0 saturated heterocycles. The van der Waals surface area contributed by atoms with Gasteiger partial charge >= 0.3 is 0 Å². The Bertz CT molecular complexity index is 888. The molecular formula is C15H10N4O2. The van der Waals surface area contributed by atoms with E-state index in [1.54, 1.807) is 23.0 Å². The molecular weight excluding hydrogens is 268 g/mol. The molecule has 102 valence electrons. The van der Waals surface area contributed by atoms with Crippen LogP contribution in [0.3, 0.4) is 0 Å². The van der Waals surface area contributed by atoms with Crippen LogP contribution in [0, 0.1) is 22.0 Å². The summed E-state index contributed by atoms with van der Waals surface area (Å²) in [6.07, 6.45) is 4.72. The van der Waals surface area contributed by atoms with E-state index in [1.165, 1.54) is 12.3 Å². The smallest absolute Gasteiger partial charge is 0.288 e. The highest BCUT2D eigenvalue weighted by Gasteiger charge is 2.12. The minimum Gasteiger partial charge on any atom is -0.334 e. The third-order valence-corrected chi connectivity index (χ3v) is 3.00. The summed E-state index contributed by atoms with van der Waals surface area (Å²) in [7, 11) is 1.83. The molecule has 0 radical (unpaired) electrons. The van der Waals surface area contributed by atoms with Gasteiger partial charge < -0.3 is 4.57 Å². The predicted molar refractivity (Wildman–Crippen MR) is 77.6 cm³/mol. The molecule has 6 heteroatoms. The Hall–Kier alpha value is -3.20. The van der Waals surface area contributed by atoms with Crippen molar-refractivity contribution in [1.29, 1.82) is 0 Å². The van der Waals surface area contributed by atoms with Crippen molar-refractivity contribution in [1.82, 2.24) is 14.5 Å². The molecule has 0 bridgehead atoms. The summed E-state index contributed by atoms with van der Waals surface area (Å²) in [5.74, 6) is 5.94. The maximum atomic E-state index is 10.9. The van der Waals surface area contributed by atoms with Gasteiger partial charge in [0.15, 0.2) is 0 Å². The highest BCUT2D eigenvalue weighted by molar-refractivity contribution is 5.85. The maximum Gasteiger partial charge on any atom is 0.288 e. The summed E-state index contributed by atoms with van der Waals surface area (Å²) in [6, 6.07) is 6.96. The number of nitrogens with zero attached hydrogens (tertiary/aromatic N) is 4. The number of nitro groups is 1. The standard InChI is InChI=1S/C15H10N4O2/c1-18-10-11(5-6-12-4-2-3-7-16-12)14-8-13(19(20)21)9-17-15(14)18/h2-4,7-10H,1H3. The monoisotopic (exact) mass is 278 g/mol. The van der Waals surface area contributed by atoms with Crippen LogP contribution in [0.15, 0.2) is 42.9 Å². The molecule has 0 amide bonds. The lowest BCUT2D eigenvalue weighted by molar-refractivity contribution is -0.385. The fourth-order valence-corrected chi connectivity index (χ4v) is 2.02. The van der Waals surface area contributed by atoms with Gasteiger partial charge in [-0.1, -0.05) is 12.0 Å². The van der Waals surface area contributed by atoms with Crippen molar-refractivity contribution in [3.05, 3.63) is 64.2 Å². The second kappa shape index (κ2) is 5.06. The van der Waals surface area contributed by atoms with Crippen molar-refractivity contribution in [2.75, 3.05) is 0 Å². The number of rotatable bonds is 1. The first-order valence-corrected chi connectivity index (χ1v) is 6.17. The summed E-state index contributed by atoms with van der Waals surface area (Å²) in [5, 5.41) is 11.5. The van der Waals surface area contributed by atoms with Crippen LogP contribution in [0.1, 0.15) is 11.3 Å². The first kappa shape index (κ1) is 12.8. The third kappa shape index (κ3) is 2.44. The summed E-state index contributed by atoms with van der Waals surface area (Å²) in [4.78, 5) is 18.6. The lowest BCUT2D eigenvalue weighted by atomic mass is 10.2. The van der Waals surface area contributed by atoms with Gasteiger partial charge in [-0.05, 0) is 18.1 Å². The van der Waals surface area contributed by atoms with Crippen LogP contribution in [-0.4, -0.2) is 19.5 Å². The Kier molecular flexibility index (Phi) is 3.09. The molecule has 0 fully saturated rings. The fraction of sp³-hybridized carbons (Fsp3) is 0.0667. The number of aromatic nitrogens is 3. The molecule has 3 heterocycles. The van der Waals surface area contributed by atoms with E-state index in [0.717, 1.165) is 0 Å². The predicted octanol–water partition coefficient (Wildman–Crippen LogP) is 2.28. The van der Waals surface area contributed by atoms with Gasteiger partial charge in [-0.15, -0.1) is 0 Å². The topological polar surface area (TPSA) is 73.8 Å². The molecule has 0 spiro atoms. The fourth-order valence-electron chi connectivity index (χ4n) is 2.02. The Morgan fingerprint density at radius 1 is 1.29 bits per heavy atom. The Labute approximate surface area is 120 Å². The van der Waals surface area contributed by atoms with E-state index in [2.05, 4.69) is 21.8 Å². The Morgan fingerprint density at radius 2 is 2.14 bits per heavy atom. The Balaban J connectivity index is 2.13. The number of hydrogen-bond donors (Lipinski definition) is 0. The van der Waals surface area contributed by atoms with Crippen molar-refractivity contribution >= 4 is 16.7 Å². The zero-order valence-electron chi connectivity index (χ0n) is 11.1. The molecule has 0 aromatic carbocycles. The molecule has 21 heavy (non-hydrogen) atoms. The molecule has 0 atom stereocenters. The highest BCUT2D eigenvalue weighted by atomic mass is 16.6. The summed E-state index contributed by atoms with van der Waals surface area (Å²) in [6.45, 7) is 0. The minimum atomic E-state index is -0.463. The summed E-state index contributed by atoms with van der Waals surface area (Å²) >= 11 is 0. The average Bonchev–Trinajstić information content (AvgIpc) is 2.82. The zero-order valence-corrected chi connectivity index (χ0v) is 11.1. The van der Waals surface area contributed by atoms with Gasteiger partial charge in [0.1, 0.15) is 17.5 Å². The number of aryl methyl sites for hydroxylation is 1. The van der Waals surface area contributed by atoms with Crippen LogP contribution in [0.25, 0.3) is 11.0 Å². The molecule has 0 N–H and O–H groups in total. The first-order valence-electron chi connectivity index (χ1n) is 6.17. The Morgan fingerprint density at radius 3 is 2.86 bits per heavy atom. The molecule has 0 saturated carbocycles. The van der Waals surface area contributed by atoms with Crippen molar-refractivity contribution in [2.24, 2.45) is 7.05 Å². The van der Waals surface area contributed by atoms with Crippen molar-refractivity contribution in [3.63, 3.8) is 0 Å². The third-order valence-electron chi connectivity index (χ3n) is 3.00. The lowest BCUT2D eigenvalue weighted by Gasteiger charge is -1.94. The molecule has 3 rings (SSSR count). The highest BCUT2D eigenvalue weighted by Crippen LogP contribution is 2.22. The number of pyridine rings is 2. The number of fused-ring (bicyclic) bond motifs is 1. The van der Waals surface area contributed by atoms with Gasteiger partial charge in [0.25, 0.3) is 5.69 Å². The van der Waals surface area contributed by atoms with Crippen molar-refractivity contribution in [2.45, 2.75) is 0 Å². The van der Waals surface area contributed by atoms with E-state index in [9.17, 15) is 10.1 Å². The molecule has 3 aromatic rings. The SMILES string of the molecule is Cn1cc(C#Cc2ccccn2)c2cc([N+](=O)[O-])cnc21. The van der Waals surface area contributed by atoms with Crippen LogP contribution in [0.2, 0.25) is 0 Å². The van der Waals surface area contributed by atoms with Gasteiger partial charge in [-0.3, -0.25) is 10.1 Å². The molecule has 0 unspecified atom stereocenters. The second-order valence-electron chi connectivity index (χ2n) is 4.44. The van der Waals surface area contributed by atoms with Gasteiger partial charge in [-0.2, -0.15) is 0 Å². The summed E-state index contributed by atoms with van der Waals surface area (Å²) in [5.41, 5.74) is 1.95. The van der Waals surface area contributed by atoms with E-state index in [4.69, 9.17) is 0 Å². The van der Waals surface area contributed by atoms with Crippen molar-refractivity contribution < 1.29 is 4.92 Å². The van der Waals surface area contributed by atoms with Crippen molar-refractivity contribution in [3.8, 4) is 11.8 Å². The normalized spacial score (nSPS) is 10.1. The molecule has 3 aromatic heterocycles. The molecule has 0 aliphatic carbocycles. The van der Waals surface area contributed by atoms with Gasteiger partial charge in [0, 0.05) is 30.9 Å². The van der Waals surface area contributed by atoms with Crippen LogP contribution >= 0.6 is 0 Å². The largest absolute Gasteiger partial charge is 0.334 e. The van der Waals surface area contributed by atoms with Gasteiger partial charge in [-0.25, -0.2) is 9.97 Å². The maximum absolute atomic E-state index is 10.9. The van der Waals surface area contributed by atoms with Gasteiger partial charge in [0.05, 0.1) is 10.5 Å². The first-order chi connectivity index (χ1) is 10.1. The second-order valence-corrected chi connectivity index (χ2v) is 4.44. The minimum absolute atomic E-state index is 0.0467. The number of hydrogen-bond acceptors (Lipinski definition) is 4. The van der Waals surface area contributed by atoms with Crippen LogP contribution < -0.4 is 0 Å².